The van der Waals surface area contributed by atoms with Gasteiger partial charge in [0.15, 0.2) is 0 Å². The summed E-state index contributed by atoms with van der Waals surface area (Å²) in [6, 6.07) is 13.5. The molecular weight excluding hydrogens is 487 g/mol. The predicted molar refractivity (Wildman–Crippen MR) is 125 cm³/mol. The molecule has 0 aliphatic carbocycles. The van der Waals surface area contributed by atoms with Crippen LogP contribution in [0.4, 0.5) is 0 Å². The van der Waals surface area contributed by atoms with E-state index in [1.54, 1.807) is 30.3 Å². The maximum absolute atomic E-state index is 12.9. The van der Waals surface area contributed by atoms with Gasteiger partial charge in [-0.1, -0.05) is 41.4 Å². The third-order valence-electron chi connectivity index (χ3n) is 5.04. The van der Waals surface area contributed by atoms with E-state index < -0.39 is 29.7 Å². The molecule has 2 aromatic carbocycles. The van der Waals surface area contributed by atoms with E-state index in [1.165, 1.54) is 38.1 Å². The van der Waals surface area contributed by atoms with Crippen molar-refractivity contribution in [3.05, 3.63) is 79.8 Å². The summed E-state index contributed by atoms with van der Waals surface area (Å²) in [5, 5.41) is 13.8. The second-order valence-electron chi connectivity index (χ2n) is 6.97. The van der Waals surface area contributed by atoms with Crippen molar-refractivity contribution in [1.82, 2.24) is 5.32 Å². The molecule has 0 fully saturated rings. The fourth-order valence-electron chi connectivity index (χ4n) is 3.41. The topological polar surface area (TPSA) is 105 Å². The molecule has 0 spiro atoms. The first-order chi connectivity index (χ1) is 15.8. The summed E-state index contributed by atoms with van der Waals surface area (Å²) in [4.78, 5) is 37.1. The number of amides is 1. The molecule has 10 heteroatoms. The number of halogens is 2. The number of thioether (sulfide) groups is 1. The number of nitrogens with one attached hydrogen (secondary N) is 1. The molecule has 33 heavy (non-hydrogen) atoms. The standard InChI is InChI=1S/C23H18Cl2N2O5S/c1-31-22(29)14-6-4-13(5-7-14)18-15(10-26)21(27-20(28)19(18)23(30)32-2)33-11-12-3-8-16(24)17(25)9-12/h3-9,18-19H,11H2,1-2H3,(H,27,28)/t18-,19+/m0/s1. The molecular formula is C23H18Cl2N2O5S. The number of rotatable bonds is 6. The van der Waals surface area contributed by atoms with Crippen LogP contribution in [0, 0.1) is 17.2 Å². The summed E-state index contributed by atoms with van der Waals surface area (Å²) < 4.78 is 9.54. The zero-order valence-electron chi connectivity index (χ0n) is 17.6. The highest BCUT2D eigenvalue weighted by Crippen LogP contribution is 2.41. The van der Waals surface area contributed by atoms with Gasteiger partial charge in [-0.05, 0) is 35.4 Å². The van der Waals surface area contributed by atoms with Crippen molar-refractivity contribution in [2.24, 2.45) is 5.92 Å². The van der Waals surface area contributed by atoms with Gasteiger partial charge in [-0.15, -0.1) is 11.8 Å². The molecule has 0 unspecified atom stereocenters. The van der Waals surface area contributed by atoms with Crippen LogP contribution in [-0.2, 0) is 24.8 Å². The first kappa shape index (κ1) is 24.6. The third-order valence-corrected chi connectivity index (χ3v) is 6.87. The highest BCUT2D eigenvalue weighted by Gasteiger charge is 2.44. The van der Waals surface area contributed by atoms with Crippen LogP contribution in [0.15, 0.2) is 53.1 Å². The molecule has 170 valence electrons. The molecule has 7 nitrogen and oxygen atoms in total. The van der Waals surface area contributed by atoms with Crippen molar-refractivity contribution < 1.29 is 23.9 Å². The van der Waals surface area contributed by atoms with Crippen LogP contribution in [0.2, 0.25) is 10.0 Å². The van der Waals surface area contributed by atoms with Gasteiger partial charge in [0.05, 0.1) is 46.5 Å². The average molecular weight is 505 g/mol. The minimum absolute atomic E-state index is 0.209. The van der Waals surface area contributed by atoms with Crippen LogP contribution in [0.1, 0.15) is 27.4 Å². The van der Waals surface area contributed by atoms with E-state index >= 15 is 0 Å². The molecule has 1 N–H and O–H groups in total. The van der Waals surface area contributed by atoms with Gasteiger partial charge in [-0.3, -0.25) is 9.59 Å². The van der Waals surface area contributed by atoms with Gasteiger partial charge in [0.1, 0.15) is 5.92 Å². The lowest BCUT2D eigenvalue weighted by molar-refractivity contribution is -0.150. The van der Waals surface area contributed by atoms with Gasteiger partial charge in [0.2, 0.25) is 5.91 Å². The smallest absolute Gasteiger partial charge is 0.337 e. The molecule has 0 aromatic heterocycles. The fraction of sp³-hybridized carbons (Fsp3) is 0.217. The summed E-state index contributed by atoms with van der Waals surface area (Å²) in [6.07, 6.45) is 0. The van der Waals surface area contributed by atoms with Crippen LogP contribution in [-0.4, -0.2) is 32.1 Å². The summed E-state index contributed by atoms with van der Waals surface area (Å²) in [6.45, 7) is 0. The number of methoxy groups -OCH3 is 2. The van der Waals surface area contributed by atoms with Crippen molar-refractivity contribution in [2.45, 2.75) is 11.7 Å². The maximum atomic E-state index is 12.9. The molecule has 2 aromatic rings. The van der Waals surface area contributed by atoms with Crippen LogP contribution in [0.3, 0.4) is 0 Å². The van der Waals surface area contributed by atoms with E-state index in [4.69, 9.17) is 32.7 Å². The largest absolute Gasteiger partial charge is 0.468 e. The molecule has 0 saturated carbocycles. The summed E-state index contributed by atoms with van der Waals surface area (Å²) in [5.41, 5.74) is 1.85. The lowest BCUT2D eigenvalue weighted by Crippen LogP contribution is -2.44. The van der Waals surface area contributed by atoms with E-state index in [0.29, 0.717) is 32.0 Å². The number of ether oxygens (including phenoxy) is 2. The normalized spacial score (nSPS) is 17.7. The highest BCUT2D eigenvalue weighted by atomic mass is 35.5. The van der Waals surface area contributed by atoms with Gasteiger partial charge in [0, 0.05) is 11.7 Å². The predicted octanol–water partition coefficient (Wildman–Crippen LogP) is 4.45. The second kappa shape index (κ2) is 10.8. The van der Waals surface area contributed by atoms with Gasteiger partial charge >= 0.3 is 11.9 Å². The van der Waals surface area contributed by atoms with Crippen molar-refractivity contribution in [3.63, 3.8) is 0 Å². The van der Waals surface area contributed by atoms with E-state index in [0.717, 1.165) is 5.56 Å². The molecule has 1 amide bonds. The Balaban J connectivity index is 2.01. The first-order valence-electron chi connectivity index (χ1n) is 9.58. The molecule has 1 aliphatic heterocycles. The number of allylic oxidation sites excluding steroid dienone is 1. The maximum Gasteiger partial charge on any atom is 0.337 e. The molecule has 1 heterocycles. The SMILES string of the molecule is COC(=O)c1ccc([C@H]2C(C#N)=C(SCc3ccc(Cl)c(Cl)c3)NC(=O)[C@@H]2C(=O)OC)cc1. The molecule has 3 rings (SSSR count). The van der Waals surface area contributed by atoms with Crippen molar-refractivity contribution in [3.8, 4) is 6.07 Å². The van der Waals surface area contributed by atoms with Gasteiger partial charge in [0.25, 0.3) is 0 Å². The van der Waals surface area contributed by atoms with Crippen molar-refractivity contribution in [1.29, 1.82) is 5.26 Å². The number of carbonyl (C=O) groups excluding carboxylic acids is 3. The van der Waals surface area contributed by atoms with Crippen LogP contribution in [0.5, 0.6) is 0 Å². The van der Waals surface area contributed by atoms with Gasteiger partial charge in [-0.25, -0.2) is 4.79 Å². The van der Waals surface area contributed by atoms with Crippen LogP contribution in [0.25, 0.3) is 0 Å². The van der Waals surface area contributed by atoms with Crippen molar-refractivity contribution >= 4 is 52.8 Å². The minimum atomic E-state index is -1.26. The van der Waals surface area contributed by atoms with E-state index in [-0.39, 0.29) is 5.57 Å². The average Bonchev–Trinajstić information content (AvgIpc) is 2.83. The zero-order chi connectivity index (χ0) is 24.1. The third kappa shape index (κ3) is 5.33. The number of hydrogen-bond donors (Lipinski definition) is 1. The Hall–Kier alpha value is -2.99. The van der Waals surface area contributed by atoms with Crippen molar-refractivity contribution in [2.75, 3.05) is 14.2 Å². The minimum Gasteiger partial charge on any atom is -0.468 e. The van der Waals surface area contributed by atoms with E-state index in [9.17, 15) is 19.6 Å². The summed E-state index contributed by atoms with van der Waals surface area (Å²) in [5.74, 6) is -3.63. The Bertz CT molecular complexity index is 1170. The summed E-state index contributed by atoms with van der Waals surface area (Å²) in [7, 11) is 2.44. The quantitative estimate of drug-likeness (QED) is 0.457. The zero-order valence-corrected chi connectivity index (χ0v) is 19.9. The number of benzene rings is 2. The Morgan fingerprint density at radius 1 is 1.09 bits per heavy atom. The number of hydrogen-bond acceptors (Lipinski definition) is 7. The molecule has 0 radical (unpaired) electrons. The fourth-order valence-corrected chi connectivity index (χ4v) is 4.72. The van der Waals surface area contributed by atoms with Crippen LogP contribution >= 0.6 is 35.0 Å². The Labute approximate surface area is 204 Å². The Morgan fingerprint density at radius 3 is 2.36 bits per heavy atom. The lowest BCUT2D eigenvalue weighted by Gasteiger charge is -2.31. The first-order valence-corrected chi connectivity index (χ1v) is 11.3. The second-order valence-corrected chi connectivity index (χ2v) is 8.77. The summed E-state index contributed by atoms with van der Waals surface area (Å²) >= 11 is 13.3. The highest BCUT2D eigenvalue weighted by molar-refractivity contribution is 8.02. The van der Waals surface area contributed by atoms with Gasteiger partial charge in [-0.2, -0.15) is 5.26 Å². The Morgan fingerprint density at radius 2 is 1.79 bits per heavy atom. The van der Waals surface area contributed by atoms with E-state index in [2.05, 4.69) is 11.4 Å². The van der Waals surface area contributed by atoms with E-state index in [1.807, 2.05) is 0 Å². The molecule has 1 aliphatic rings. The Kier molecular flexibility index (Phi) is 8.03. The van der Waals surface area contributed by atoms with Gasteiger partial charge < -0.3 is 14.8 Å². The van der Waals surface area contributed by atoms with Crippen LogP contribution < -0.4 is 5.32 Å². The number of nitrogens with zero attached hydrogens (tertiary/aromatic N) is 1. The number of esters is 2. The monoisotopic (exact) mass is 504 g/mol. The molecule has 0 saturated heterocycles. The molecule has 2 atom stereocenters. The lowest BCUT2D eigenvalue weighted by atomic mass is 9.78. The molecule has 0 bridgehead atoms. The number of carbonyl (C=O) groups is 3. The number of nitriles is 1.